The van der Waals surface area contributed by atoms with Gasteiger partial charge in [0.05, 0.1) is 31.3 Å². The van der Waals surface area contributed by atoms with Crippen LogP contribution in [0.4, 0.5) is 5.69 Å². The van der Waals surface area contributed by atoms with Crippen molar-refractivity contribution in [3.05, 3.63) is 29.8 Å². The van der Waals surface area contributed by atoms with E-state index >= 15 is 0 Å². The molecule has 0 atom stereocenters. The van der Waals surface area contributed by atoms with E-state index in [9.17, 15) is 9.59 Å². The molecular weight excluding hydrogens is 258 g/mol. The van der Waals surface area contributed by atoms with E-state index in [1.807, 2.05) is 6.07 Å². The van der Waals surface area contributed by atoms with E-state index in [0.29, 0.717) is 11.3 Å². The summed E-state index contributed by atoms with van der Waals surface area (Å²) < 4.78 is 0. The maximum Gasteiger partial charge on any atom is 0.317 e. The van der Waals surface area contributed by atoms with Crippen molar-refractivity contribution in [2.24, 2.45) is 0 Å². The molecule has 0 unspecified atom stereocenters. The Morgan fingerprint density at radius 1 is 1.40 bits per heavy atom. The number of carboxylic acid groups (broad SMARTS) is 1. The van der Waals surface area contributed by atoms with E-state index in [4.69, 9.17) is 16.8 Å². The molecule has 0 aliphatic rings. The van der Waals surface area contributed by atoms with Crippen molar-refractivity contribution in [2.45, 2.75) is 0 Å². The summed E-state index contributed by atoms with van der Waals surface area (Å²) in [7, 11) is 0. The highest BCUT2D eigenvalue weighted by Crippen LogP contribution is 2.09. The molecule has 0 heterocycles. The molecular formula is C14H13N3O3. The van der Waals surface area contributed by atoms with Gasteiger partial charge in [-0.25, -0.2) is 0 Å². The zero-order chi connectivity index (χ0) is 15.0. The highest BCUT2D eigenvalue weighted by molar-refractivity contribution is 5.92. The molecule has 0 saturated heterocycles. The number of rotatable bonds is 6. The Labute approximate surface area is 116 Å². The lowest BCUT2D eigenvalue weighted by Crippen LogP contribution is -2.37. The van der Waals surface area contributed by atoms with Crippen molar-refractivity contribution in [3.63, 3.8) is 0 Å². The molecule has 102 valence electrons. The van der Waals surface area contributed by atoms with Gasteiger partial charge in [-0.2, -0.15) is 5.26 Å². The maximum atomic E-state index is 11.8. The number of nitrogens with zero attached hydrogens (tertiary/aromatic N) is 2. The number of nitriles is 1. The first-order chi connectivity index (χ1) is 9.55. The number of carbonyl (C=O) groups excluding carboxylic acids is 1. The monoisotopic (exact) mass is 271 g/mol. The molecule has 0 saturated carbocycles. The van der Waals surface area contributed by atoms with Gasteiger partial charge in [-0.15, -0.1) is 6.42 Å². The van der Waals surface area contributed by atoms with Gasteiger partial charge in [0.2, 0.25) is 5.91 Å². The van der Waals surface area contributed by atoms with Crippen molar-refractivity contribution in [3.8, 4) is 18.4 Å². The van der Waals surface area contributed by atoms with Crippen LogP contribution in [-0.2, 0) is 9.59 Å². The summed E-state index contributed by atoms with van der Waals surface area (Å²) in [4.78, 5) is 23.7. The smallest absolute Gasteiger partial charge is 0.317 e. The number of aliphatic carboxylic acids is 1. The van der Waals surface area contributed by atoms with Crippen molar-refractivity contribution in [1.29, 1.82) is 5.26 Å². The van der Waals surface area contributed by atoms with Gasteiger partial charge < -0.3 is 10.4 Å². The molecule has 1 amide bonds. The van der Waals surface area contributed by atoms with Crippen LogP contribution in [0.5, 0.6) is 0 Å². The van der Waals surface area contributed by atoms with Crippen LogP contribution in [0.15, 0.2) is 24.3 Å². The first-order valence-electron chi connectivity index (χ1n) is 5.72. The van der Waals surface area contributed by atoms with Gasteiger partial charge >= 0.3 is 5.97 Å². The van der Waals surface area contributed by atoms with Crippen LogP contribution in [0.25, 0.3) is 0 Å². The summed E-state index contributed by atoms with van der Waals surface area (Å²) in [6.45, 7) is -0.374. The Bertz CT molecular complexity index is 584. The van der Waals surface area contributed by atoms with Crippen molar-refractivity contribution in [2.75, 3.05) is 25.0 Å². The Morgan fingerprint density at radius 2 is 2.15 bits per heavy atom. The molecule has 20 heavy (non-hydrogen) atoms. The molecule has 0 spiro atoms. The van der Waals surface area contributed by atoms with E-state index in [-0.39, 0.29) is 19.6 Å². The molecule has 0 fully saturated rings. The number of anilines is 1. The fourth-order valence-corrected chi connectivity index (χ4v) is 1.56. The molecule has 6 nitrogen and oxygen atoms in total. The summed E-state index contributed by atoms with van der Waals surface area (Å²) >= 11 is 0. The zero-order valence-corrected chi connectivity index (χ0v) is 10.7. The number of benzene rings is 1. The third-order valence-electron chi connectivity index (χ3n) is 2.32. The molecule has 1 aromatic rings. The summed E-state index contributed by atoms with van der Waals surface area (Å²) in [5.41, 5.74) is 0.902. The topological polar surface area (TPSA) is 93.4 Å². The first kappa shape index (κ1) is 15.2. The quantitative estimate of drug-likeness (QED) is 0.735. The number of nitrogens with one attached hydrogen (secondary N) is 1. The molecule has 1 aromatic carbocycles. The SMILES string of the molecule is C#CCN(CC(=O)O)CC(=O)Nc1cccc(C#N)c1. The number of hydrogen-bond acceptors (Lipinski definition) is 4. The van der Waals surface area contributed by atoms with Crippen LogP contribution < -0.4 is 5.32 Å². The molecule has 0 aromatic heterocycles. The standard InChI is InChI=1S/C14H13N3O3/c1-2-6-17(10-14(19)20)9-13(18)16-12-5-3-4-11(7-12)8-15/h1,3-5,7H,6,9-10H2,(H,16,18)(H,19,20). The summed E-state index contributed by atoms with van der Waals surface area (Å²) in [5.74, 6) is 0.852. The molecule has 1 rings (SSSR count). The largest absolute Gasteiger partial charge is 0.480 e. The second-order valence-corrected chi connectivity index (χ2v) is 3.98. The highest BCUT2D eigenvalue weighted by Gasteiger charge is 2.13. The lowest BCUT2D eigenvalue weighted by Gasteiger charge is -2.16. The van der Waals surface area contributed by atoms with Crippen LogP contribution in [0.3, 0.4) is 0 Å². The van der Waals surface area contributed by atoms with Crippen molar-refractivity contribution in [1.82, 2.24) is 4.90 Å². The summed E-state index contributed by atoms with van der Waals surface area (Å²) in [6.07, 6.45) is 5.12. The van der Waals surface area contributed by atoms with Crippen LogP contribution >= 0.6 is 0 Å². The summed E-state index contributed by atoms with van der Waals surface area (Å²) in [6, 6.07) is 8.39. The molecule has 2 N–H and O–H groups in total. The number of amides is 1. The van der Waals surface area contributed by atoms with Gasteiger partial charge in [0.15, 0.2) is 0 Å². The Hall–Kier alpha value is -2.83. The van der Waals surface area contributed by atoms with E-state index in [1.54, 1.807) is 18.2 Å². The predicted octanol–water partition coefficient (Wildman–Crippen LogP) is 0.517. The molecule has 6 heteroatoms. The van der Waals surface area contributed by atoms with Crippen LogP contribution in [0.2, 0.25) is 0 Å². The Balaban J connectivity index is 2.63. The van der Waals surface area contributed by atoms with Gasteiger partial charge in [0.1, 0.15) is 0 Å². The van der Waals surface area contributed by atoms with Crippen LogP contribution in [-0.4, -0.2) is 41.5 Å². The number of hydrogen-bond donors (Lipinski definition) is 2. The van der Waals surface area contributed by atoms with Gasteiger partial charge in [0, 0.05) is 5.69 Å². The minimum absolute atomic E-state index is 0.0674. The zero-order valence-electron chi connectivity index (χ0n) is 10.7. The summed E-state index contributed by atoms with van der Waals surface area (Å²) in [5, 5.41) is 20.0. The van der Waals surface area contributed by atoms with Gasteiger partial charge in [0.25, 0.3) is 0 Å². The second kappa shape index (κ2) is 7.57. The highest BCUT2D eigenvalue weighted by atomic mass is 16.4. The van der Waals surface area contributed by atoms with E-state index in [1.165, 1.54) is 11.0 Å². The van der Waals surface area contributed by atoms with Gasteiger partial charge in [-0.3, -0.25) is 14.5 Å². The lowest BCUT2D eigenvalue weighted by atomic mass is 10.2. The molecule has 0 aliphatic heterocycles. The predicted molar refractivity (Wildman–Crippen MR) is 72.7 cm³/mol. The fourth-order valence-electron chi connectivity index (χ4n) is 1.56. The van der Waals surface area contributed by atoms with Gasteiger partial charge in [-0.05, 0) is 18.2 Å². The second-order valence-electron chi connectivity index (χ2n) is 3.98. The molecule has 0 aliphatic carbocycles. The number of carbonyl (C=O) groups is 2. The third kappa shape index (κ3) is 5.21. The molecule has 0 bridgehead atoms. The first-order valence-corrected chi connectivity index (χ1v) is 5.72. The molecule has 0 radical (unpaired) electrons. The minimum Gasteiger partial charge on any atom is -0.480 e. The van der Waals surface area contributed by atoms with Crippen LogP contribution in [0, 0.1) is 23.7 Å². The third-order valence-corrected chi connectivity index (χ3v) is 2.32. The lowest BCUT2D eigenvalue weighted by molar-refractivity contribution is -0.138. The number of carboxylic acids is 1. The average Bonchev–Trinajstić information content (AvgIpc) is 2.38. The minimum atomic E-state index is -1.06. The van der Waals surface area contributed by atoms with Crippen LogP contribution in [0.1, 0.15) is 5.56 Å². The fraction of sp³-hybridized carbons (Fsp3) is 0.214. The normalized spacial score (nSPS) is 9.55. The number of terminal acetylenes is 1. The van der Waals surface area contributed by atoms with E-state index in [2.05, 4.69) is 11.2 Å². The van der Waals surface area contributed by atoms with Crippen molar-refractivity contribution < 1.29 is 14.7 Å². The Morgan fingerprint density at radius 3 is 2.75 bits per heavy atom. The Kier molecular flexibility index (Phi) is 5.76. The van der Waals surface area contributed by atoms with E-state index in [0.717, 1.165) is 0 Å². The average molecular weight is 271 g/mol. The van der Waals surface area contributed by atoms with Gasteiger partial charge in [-0.1, -0.05) is 12.0 Å². The van der Waals surface area contributed by atoms with E-state index < -0.39 is 11.9 Å². The van der Waals surface area contributed by atoms with Crippen molar-refractivity contribution >= 4 is 17.6 Å². The maximum absolute atomic E-state index is 11.8.